The molecule has 6 aromatic carbocycles. The van der Waals surface area contributed by atoms with Crippen molar-refractivity contribution < 1.29 is 0 Å². The molecular formula is C47H33N5S. The second-order valence-corrected chi connectivity index (χ2v) is 13.8. The van der Waals surface area contributed by atoms with Crippen LogP contribution in [0.2, 0.25) is 0 Å². The highest BCUT2D eigenvalue weighted by atomic mass is 32.1. The van der Waals surface area contributed by atoms with Gasteiger partial charge in [-0.25, -0.2) is 0 Å². The number of aromatic nitrogens is 2. The van der Waals surface area contributed by atoms with Crippen molar-refractivity contribution >= 4 is 77.7 Å². The van der Waals surface area contributed by atoms with Gasteiger partial charge >= 0.3 is 0 Å². The van der Waals surface area contributed by atoms with E-state index in [9.17, 15) is 0 Å². The van der Waals surface area contributed by atoms with Crippen LogP contribution in [0, 0.1) is 0 Å². The fourth-order valence-corrected chi connectivity index (χ4v) is 8.08. The number of pyridine rings is 2. The Hall–Kier alpha value is -6.76. The summed E-state index contributed by atoms with van der Waals surface area (Å²) in [6.07, 6.45) is 3.68. The molecule has 0 aliphatic heterocycles. The topological polar surface area (TPSA) is 53.7 Å². The first-order valence-electron chi connectivity index (χ1n) is 17.4. The fourth-order valence-electron chi connectivity index (χ4n) is 7.07. The quantitative estimate of drug-likeness (QED) is 0.148. The minimum Gasteiger partial charge on any atom is -0.311 e. The molecule has 0 fully saturated rings. The molecule has 3 aromatic heterocycles. The summed E-state index contributed by atoms with van der Waals surface area (Å²) in [4.78, 5) is 20.6. The van der Waals surface area contributed by atoms with Crippen LogP contribution in [-0.4, -0.2) is 29.4 Å². The van der Waals surface area contributed by atoms with Crippen molar-refractivity contribution in [1.82, 2.24) is 9.97 Å². The van der Waals surface area contributed by atoms with Gasteiger partial charge in [0.15, 0.2) is 0 Å². The molecule has 3 heterocycles. The van der Waals surface area contributed by atoms with E-state index in [1.54, 1.807) is 11.3 Å². The van der Waals surface area contributed by atoms with E-state index in [1.807, 2.05) is 31.6 Å². The molecule has 252 valence electrons. The maximum Gasteiger partial charge on any atom is 0.125 e. The zero-order valence-electron chi connectivity index (χ0n) is 29.0. The number of rotatable bonds is 8. The van der Waals surface area contributed by atoms with Gasteiger partial charge in [-0.3, -0.25) is 20.0 Å². The summed E-state index contributed by atoms with van der Waals surface area (Å²) in [6.45, 7) is 3.87. The lowest BCUT2D eigenvalue weighted by atomic mass is 9.99. The van der Waals surface area contributed by atoms with Gasteiger partial charge in [0, 0.05) is 68.5 Å². The van der Waals surface area contributed by atoms with E-state index >= 15 is 0 Å². The Morgan fingerprint density at radius 3 is 1.60 bits per heavy atom. The lowest BCUT2D eigenvalue weighted by Gasteiger charge is -2.26. The van der Waals surface area contributed by atoms with Gasteiger partial charge in [0.25, 0.3) is 0 Å². The molecular weight excluding hydrogens is 667 g/mol. The maximum absolute atomic E-state index is 4.78. The van der Waals surface area contributed by atoms with Crippen molar-refractivity contribution in [2.75, 3.05) is 11.9 Å². The maximum atomic E-state index is 4.78. The van der Waals surface area contributed by atoms with Crippen LogP contribution in [0.1, 0.15) is 11.1 Å². The van der Waals surface area contributed by atoms with Gasteiger partial charge in [-0.1, -0.05) is 91.0 Å². The van der Waals surface area contributed by atoms with Crippen molar-refractivity contribution in [2.45, 2.75) is 0 Å². The minimum atomic E-state index is 0.877. The zero-order valence-corrected chi connectivity index (χ0v) is 29.8. The molecule has 6 heteroatoms. The third-order valence-electron chi connectivity index (χ3n) is 9.71. The van der Waals surface area contributed by atoms with Gasteiger partial charge < -0.3 is 4.90 Å². The van der Waals surface area contributed by atoms with E-state index in [0.717, 1.165) is 88.3 Å². The van der Waals surface area contributed by atoms with Crippen molar-refractivity contribution in [2.24, 2.45) is 9.98 Å². The number of thiophene rings is 1. The molecule has 0 aliphatic carbocycles. The van der Waals surface area contributed by atoms with Crippen LogP contribution >= 0.6 is 11.3 Å². The highest BCUT2D eigenvalue weighted by Crippen LogP contribution is 2.41. The summed E-state index contributed by atoms with van der Waals surface area (Å²) < 4.78 is 1.17. The van der Waals surface area contributed by atoms with Gasteiger partial charge in [0.2, 0.25) is 0 Å². The number of aliphatic imine (C=N–C) groups is 2. The molecule has 0 saturated carbocycles. The lowest BCUT2D eigenvalue weighted by Crippen LogP contribution is -2.10. The lowest BCUT2D eigenvalue weighted by molar-refractivity contribution is 1.28. The molecule has 0 spiro atoms. The van der Waals surface area contributed by atoms with Crippen LogP contribution in [0.4, 0.5) is 22.1 Å². The first kappa shape index (κ1) is 32.2. The smallest absolute Gasteiger partial charge is 0.125 e. The summed E-state index contributed by atoms with van der Waals surface area (Å²) in [6, 6.07) is 55.5. The molecule has 5 nitrogen and oxygen atoms in total. The SMILES string of the molecule is C=Nc1sc2ccccc2c1C(=NC)c1ccc(N(c2ccc(-c3ccc4cccnc4c3)cc2)c2ccc(-c3ccc4cccnc4c3)cc2)cc1. The second-order valence-electron chi connectivity index (χ2n) is 12.8. The van der Waals surface area contributed by atoms with Crippen LogP contribution < -0.4 is 4.90 Å². The van der Waals surface area contributed by atoms with E-state index in [2.05, 4.69) is 172 Å². The normalized spacial score (nSPS) is 11.7. The molecule has 0 bridgehead atoms. The van der Waals surface area contributed by atoms with E-state index in [-0.39, 0.29) is 0 Å². The van der Waals surface area contributed by atoms with E-state index in [0.29, 0.717) is 0 Å². The summed E-state index contributed by atoms with van der Waals surface area (Å²) in [5, 5.41) is 4.27. The molecule has 9 rings (SSSR count). The van der Waals surface area contributed by atoms with Gasteiger partial charge in [-0.15, -0.1) is 11.3 Å². The molecule has 0 radical (unpaired) electrons. The van der Waals surface area contributed by atoms with E-state index in [4.69, 9.17) is 4.99 Å². The van der Waals surface area contributed by atoms with Crippen molar-refractivity contribution in [3.8, 4) is 22.3 Å². The van der Waals surface area contributed by atoms with Gasteiger partial charge in [0.05, 0.1) is 16.7 Å². The Labute approximate surface area is 311 Å². The minimum absolute atomic E-state index is 0.877. The Morgan fingerprint density at radius 2 is 1.08 bits per heavy atom. The van der Waals surface area contributed by atoms with Gasteiger partial charge in [-0.05, 0) is 95.7 Å². The standard InChI is InChI=1S/C47H33N5S/c1-48-46(45-41-9-3-4-10-44(41)53-47(45)49-2)35-19-25-40(26-20-35)52(38-21-15-31(16-22-38)36-13-11-33-7-5-27-50-42(33)29-36)39-23-17-32(18-24-39)37-14-12-34-8-6-28-51-43(34)30-37/h3-30H,2H2,1H3. The summed E-state index contributed by atoms with van der Waals surface area (Å²) in [7, 11) is 1.84. The van der Waals surface area contributed by atoms with Crippen LogP contribution in [-0.2, 0) is 0 Å². The number of hydrogen-bond acceptors (Lipinski definition) is 6. The Morgan fingerprint density at radius 1 is 0.566 bits per heavy atom. The number of benzene rings is 6. The average Bonchev–Trinajstić information content (AvgIpc) is 3.60. The largest absolute Gasteiger partial charge is 0.311 e. The number of anilines is 3. The van der Waals surface area contributed by atoms with Crippen LogP contribution in [0.5, 0.6) is 0 Å². The van der Waals surface area contributed by atoms with Crippen molar-refractivity contribution in [3.63, 3.8) is 0 Å². The number of nitrogens with zero attached hydrogens (tertiary/aromatic N) is 5. The van der Waals surface area contributed by atoms with Crippen LogP contribution in [0.25, 0.3) is 54.1 Å². The van der Waals surface area contributed by atoms with Crippen LogP contribution in [0.3, 0.4) is 0 Å². The highest BCUT2D eigenvalue weighted by Gasteiger charge is 2.19. The molecule has 0 atom stereocenters. The monoisotopic (exact) mass is 699 g/mol. The molecule has 0 unspecified atom stereocenters. The zero-order chi connectivity index (χ0) is 35.7. The highest BCUT2D eigenvalue weighted by molar-refractivity contribution is 7.23. The fraction of sp³-hybridized carbons (Fsp3) is 0.0213. The Kier molecular flexibility index (Phi) is 8.35. The van der Waals surface area contributed by atoms with Crippen LogP contribution in [0.15, 0.2) is 180 Å². The summed E-state index contributed by atoms with van der Waals surface area (Å²) >= 11 is 1.64. The second kappa shape index (κ2) is 13.8. The first-order chi connectivity index (χ1) is 26.2. The Bertz CT molecular complexity index is 2680. The molecule has 0 N–H and O–H groups in total. The molecule has 0 saturated heterocycles. The number of hydrogen-bond donors (Lipinski definition) is 0. The first-order valence-corrected chi connectivity index (χ1v) is 18.2. The summed E-state index contributed by atoms with van der Waals surface area (Å²) in [5.74, 6) is 0. The average molecular weight is 700 g/mol. The predicted molar refractivity (Wildman–Crippen MR) is 225 cm³/mol. The van der Waals surface area contributed by atoms with Gasteiger partial charge in [-0.2, -0.15) is 0 Å². The molecule has 53 heavy (non-hydrogen) atoms. The molecule has 9 aromatic rings. The van der Waals surface area contributed by atoms with E-state index < -0.39 is 0 Å². The Balaban J connectivity index is 1.10. The number of fused-ring (bicyclic) bond motifs is 3. The molecule has 0 amide bonds. The third kappa shape index (κ3) is 6.05. The predicted octanol–water partition coefficient (Wildman–Crippen LogP) is 12.6. The van der Waals surface area contributed by atoms with Crippen molar-refractivity contribution in [3.05, 3.63) is 181 Å². The summed E-state index contributed by atoms with van der Waals surface area (Å²) in [5.41, 5.74) is 12.6. The molecule has 0 aliphatic rings. The third-order valence-corrected chi connectivity index (χ3v) is 10.8. The van der Waals surface area contributed by atoms with Gasteiger partial charge in [0.1, 0.15) is 5.00 Å². The van der Waals surface area contributed by atoms with E-state index in [1.165, 1.54) is 4.70 Å². The van der Waals surface area contributed by atoms with Crippen molar-refractivity contribution in [1.29, 1.82) is 0 Å².